The Balaban J connectivity index is 1.37. The van der Waals surface area contributed by atoms with E-state index in [1.165, 1.54) is 27.7 Å². The number of nitrogens with one attached hydrogen (secondary N) is 2. The molecule has 0 aliphatic heterocycles. The summed E-state index contributed by atoms with van der Waals surface area (Å²) in [6, 6.07) is 12.2. The van der Waals surface area contributed by atoms with Crippen molar-refractivity contribution in [2.24, 2.45) is 0 Å². The first kappa shape index (κ1) is 17.9. The van der Waals surface area contributed by atoms with E-state index >= 15 is 0 Å². The lowest BCUT2D eigenvalue weighted by molar-refractivity contribution is 0.0933. The first-order valence-corrected chi connectivity index (χ1v) is 10.1. The number of aryl methyl sites for hydroxylation is 4. The predicted molar refractivity (Wildman–Crippen MR) is 115 cm³/mol. The van der Waals surface area contributed by atoms with Crippen LogP contribution in [0.1, 0.15) is 45.0 Å². The molecular weight excluding hydrogens is 360 g/mol. The lowest BCUT2D eigenvalue weighted by Gasteiger charge is -2.23. The van der Waals surface area contributed by atoms with Gasteiger partial charge in [0.15, 0.2) is 0 Å². The van der Waals surface area contributed by atoms with Gasteiger partial charge in [-0.25, -0.2) is 9.97 Å². The lowest BCUT2D eigenvalue weighted by Crippen LogP contribution is -2.38. The average Bonchev–Trinajstić information content (AvgIpc) is 3.05. The molecule has 2 N–H and O–H groups in total. The van der Waals surface area contributed by atoms with Crippen molar-refractivity contribution in [1.82, 2.24) is 20.3 Å². The number of fused-ring (bicyclic) bond motifs is 4. The second-order valence-corrected chi connectivity index (χ2v) is 8.14. The SMILES string of the molecule is Cc1ccc2[nH]c3c(c2c1)CCC(NC(=O)c1ccc2nc(C)c(C)nc2c1)C3. The molecule has 2 aromatic heterocycles. The number of amides is 1. The Hall–Kier alpha value is -3.21. The summed E-state index contributed by atoms with van der Waals surface area (Å²) in [6.07, 6.45) is 2.76. The molecule has 1 atom stereocenters. The smallest absolute Gasteiger partial charge is 0.251 e. The van der Waals surface area contributed by atoms with Crippen molar-refractivity contribution in [1.29, 1.82) is 0 Å². The summed E-state index contributed by atoms with van der Waals surface area (Å²) in [5.41, 5.74) is 9.14. The fourth-order valence-electron chi connectivity index (χ4n) is 4.31. The summed E-state index contributed by atoms with van der Waals surface area (Å²) >= 11 is 0. The van der Waals surface area contributed by atoms with Crippen molar-refractivity contribution in [2.45, 2.75) is 46.1 Å². The van der Waals surface area contributed by atoms with Crippen LogP contribution in [-0.4, -0.2) is 26.9 Å². The van der Waals surface area contributed by atoms with Gasteiger partial charge in [0.25, 0.3) is 5.91 Å². The van der Waals surface area contributed by atoms with Crippen molar-refractivity contribution < 1.29 is 4.79 Å². The molecule has 5 nitrogen and oxygen atoms in total. The Kier molecular flexibility index (Phi) is 4.12. The van der Waals surface area contributed by atoms with Crippen molar-refractivity contribution in [3.63, 3.8) is 0 Å². The molecule has 4 aromatic rings. The molecule has 0 saturated carbocycles. The molecule has 29 heavy (non-hydrogen) atoms. The van der Waals surface area contributed by atoms with Crippen LogP contribution in [0.15, 0.2) is 36.4 Å². The Labute approximate surface area is 169 Å². The number of carbonyl (C=O) groups excluding carboxylic acids is 1. The fourth-order valence-corrected chi connectivity index (χ4v) is 4.31. The van der Waals surface area contributed by atoms with Crippen LogP contribution in [0.2, 0.25) is 0 Å². The van der Waals surface area contributed by atoms with Crippen LogP contribution in [0.5, 0.6) is 0 Å². The fraction of sp³-hybridized carbons (Fsp3) is 0.292. The third kappa shape index (κ3) is 3.16. The summed E-state index contributed by atoms with van der Waals surface area (Å²) in [4.78, 5) is 25.5. The molecule has 5 heteroatoms. The molecule has 5 rings (SSSR count). The predicted octanol–water partition coefficient (Wildman–Crippen LogP) is 4.32. The number of H-pyrrole nitrogens is 1. The van der Waals surface area contributed by atoms with Gasteiger partial charge < -0.3 is 10.3 Å². The molecule has 0 radical (unpaired) electrons. The van der Waals surface area contributed by atoms with Crippen molar-refractivity contribution in [3.05, 3.63) is 70.2 Å². The Morgan fingerprint density at radius 1 is 1.03 bits per heavy atom. The van der Waals surface area contributed by atoms with Gasteiger partial charge >= 0.3 is 0 Å². The molecule has 0 fully saturated rings. The molecule has 1 aliphatic carbocycles. The van der Waals surface area contributed by atoms with Crippen LogP contribution in [-0.2, 0) is 12.8 Å². The normalized spacial score (nSPS) is 16.2. The minimum absolute atomic E-state index is 0.0488. The number of nitrogens with zero attached hydrogens (tertiary/aromatic N) is 2. The van der Waals surface area contributed by atoms with E-state index in [9.17, 15) is 4.79 Å². The zero-order chi connectivity index (χ0) is 20.1. The van der Waals surface area contributed by atoms with Crippen molar-refractivity contribution in [3.8, 4) is 0 Å². The Morgan fingerprint density at radius 3 is 2.66 bits per heavy atom. The number of carbonyl (C=O) groups is 1. The number of benzene rings is 2. The molecule has 1 aliphatic rings. The summed E-state index contributed by atoms with van der Waals surface area (Å²) < 4.78 is 0. The van der Waals surface area contributed by atoms with Crippen LogP contribution in [0.3, 0.4) is 0 Å². The molecular formula is C24H24N4O. The Bertz CT molecular complexity index is 1270. The number of aromatic nitrogens is 3. The summed E-state index contributed by atoms with van der Waals surface area (Å²) in [6.45, 7) is 6.02. The largest absolute Gasteiger partial charge is 0.358 e. The lowest BCUT2D eigenvalue weighted by atomic mass is 9.91. The second-order valence-electron chi connectivity index (χ2n) is 8.14. The van der Waals surface area contributed by atoms with Crippen LogP contribution >= 0.6 is 0 Å². The number of hydrogen-bond donors (Lipinski definition) is 2. The van der Waals surface area contributed by atoms with Gasteiger partial charge in [0.05, 0.1) is 22.4 Å². The monoisotopic (exact) mass is 384 g/mol. The maximum Gasteiger partial charge on any atom is 0.251 e. The number of hydrogen-bond acceptors (Lipinski definition) is 3. The topological polar surface area (TPSA) is 70.7 Å². The van der Waals surface area contributed by atoms with Gasteiger partial charge in [-0.2, -0.15) is 0 Å². The van der Waals surface area contributed by atoms with E-state index in [4.69, 9.17) is 0 Å². The molecule has 0 spiro atoms. The maximum absolute atomic E-state index is 12.9. The van der Waals surface area contributed by atoms with Gasteiger partial charge in [0.1, 0.15) is 0 Å². The zero-order valence-corrected chi connectivity index (χ0v) is 17.0. The highest BCUT2D eigenvalue weighted by molar-refractivity contribution is 5.97. The van der Waals surface area contributed by atoms with E-state index in [0.29, 0.717) is 5.56 Å². The van der Waals surface area contributed by atoms with E-state index in [-0.39, 0.29) is 11.9 Å². The van der Waals surface area contributed by atoms with Gasteiger partial charge in [-0.05, 0) is 69.5 Å². The van der Waals surface area contributed by atoms with Crippen LogP contribution < -0.4 is 5.32 Å². The molecule has 0 saturated heterocycles. The minimum Gasteiger partial charge on any atom is -0.358 e. The average molecular weight is 384 g/mol. The van der Waals surface area contributed by atoms with E-state index < -0.39 is 0 Å². The minimum atomic E-state index is -0.0488. The van der Waals surface area contributed by atoms with Crippen LogP contribution in [0.25, 0.3) is 21.9 Å². The molecule has 2 heterocycles. The standard InChI is InChI=1S/C24H24N4O/c1-13-4-8-20-19(10-13)18-7-6-17(12-22(18)28-20)27-24(29)16-5-9-21-23(11-16)26-15(3)14(2)25-21/h4-5,8-11,17,28H,6-7,12H2,1-3H3,(H,27,29). The van der Waals surface area contributed by atoms with Gasteiger partial charge in [0, 0.05) is 34.6 Å². The first-order valence-electron chi connectivity index (χ1n) is 10.1. The van der Waals surface area contributed by atoms with Crippen LogP contribution in [0.4, 0.5) is 0 Å². The van der Waals surface area contributed by atoms with Crippen molar-refractivity contribution >= 4 is 27.8 Å². The highest BCUT2D eigenvalue weighted by Crippen LogP contribution is 2.30. The molecule has 2 aromatic carbocycles. The van der Waals surface area contributed by atoms with Crippen LogP contribution in [0, 0.1) is 20.8 Å². The van der Waals surface area contributed by atoms with Gasteiger partial charge in [-0.15, -0.1) is 0 Å². The van der Waals surface area contributed by atoms with E-state index in [2.05, 4.69) is 45.4 Å². The third-order valence-electron chi connectivity index (χ3n) is 6.02. The Morgan fingerprint density at radius 2 is 1.83 bits per heavy atom. The summed E-state index contributed by atoms with van der Waals surface area (Å²) in [5, 5.41) is 4.54. The molecule has 1 unspecified atom stereocenters. The van der Waals surface area contributed by atoms with Gasteiger partial charge in [-0.1, -0.05) is 11.6 Å². The van der Waals surface area contributed by atoms with E-state index in [0.717, 1.165) is 41.7 Å². The van der Waals surface area contributed by atoms with E-state index in [1.807, 2.05) is 32.0 Å². The summed E-state index contributed by atoms with van der Waals surface area (Å²) in [5.74, 6) is -0.0488. The highest BCUT2D eigenvalue weighted by Gasteiger charge is 2.24. The summed E-state index contributed by atoms with van der Waals surface area (Å²) in [7, 11) is 0. The zero-order valence-electron chi connectivity index (χ0n) is 17.0. The molecule has 1 amide bonds. The number of rotatable bonds is 2. The number of aromatic amines is 1. The third-order valence-corrected chi connectivity index (χ3v) is 6.02. The van der Waals surface area contributed by atoms with Crippen molar-refractivity contribution in [2.75, 3.05) is 0 Å². The second kappa shape index (κ2) is 6.69. The highest BCUT2D eigenvalue weighted by atomic mass is 16.1. The van der Waals surface area contributed by atoms with Gasteiger partial charge in [-0.3, -0.25) is 4.79 Å². The molecule has 0 bridgehead atoms. The van der Waals surface area contributed by atoms with E-state index in [1.54, 1.807) is 0 Å². The quantitative estimate of drug-likeness (QED) is 0.541. The molecule has 146 valence electrons. The maximum atomic E-state index is 12.9. The van der Waals surface area contributed by atoms with Gasteiger partial charge in [0.2, 0.25) is 0 Å². The first-order chi connectivity index (χ1) is 14.0.